The van der Waals surface area contributed by atoms with E-state index in [-0.39, 0.29) is 11.3 Å². The molecule has 0 spiro atoms. The first-order chi connectivity index (χ1) is 8.47. The number of benzene rings is 1. The Morgan fingerprint density at radius 1 is 1.22 bits per heavy atom. The Bertz CT molecular complexity index is 357. The summed E-state index contributed by atoms with van der Waals surface area (Å²) in [6.07, 6.45) is 0.594. The average molecular weight is 265 g/mol. The predicted molar refractivity (Wildman–Crippen MR) is 79.7 cm³/mol. The highest BCUT2D eigenvalue weighted by Crippen LogP contribution is 2.17. The molecule has 1 N–H and O–H groups in total. The van der Waals surface area contributed by atoms with Gasteiger partial charge in [0.2, 0.25) is 5.91 Å². The molecule has 1 aromatic carbocycles. The molecule has 0 fully saturated rings. The molecule has 2 nitrogen and oxygen atoms in total. The van der Waals surface area contributed by atoms with Gasteiger partial charge in [-0.2, -0.15) is 11.8 Å². The minimum atomic E-state index is 0.0707. The average Bonchev–Trinajstić information content (AvgIpc) is 2.27. The molecule has 0 heterocycles. The molecule has 18 heavy (non-hydrogen) atoms. The topological polar surface area (TPSA) is 29.1 Å². The molecule has 100 valence electrons. The maximum Gasteiger partial charge on any atom is 0.220 e. The second kappa shape index (κ2) is 7.47. The Morgan fingerprint density at radius 3 is 2.50 bits per heavy atom. The minimum absolute atomic E-state index is 0.0707. The van der Waals surface area contributed by atoms with Gasteiger partial charge in [0.15, 0.2) is 0 Å². The normalized spacial score (nSPS) is 11.3. The number of rotatable bonds is 6. The molecule has 0 aliphatic heterocycles. The van der Waals surface area contributed by atoms with Crippen molar-refractivity contribution in [1.29, 1.82) is 0 Å². The van der Waals surface area contributed by atoms with Gasteiger partial charge in [0.05, 0.1) is 0 Å². The summed E-state index contributed by atoms with van der Waals surface area (Å²) in [4.78, 5) is 11.6. The lowest BCUT2D eigenvalue weighted by atomic mass is 9.92. The van der Waals surface area contributed by atoms with Crippen LogP contribution in [0.1, 0.15) is 32.8 Å². The van der Waals surface area contributed by atoms with Gasteiger partial charge in [-0.3, -0.25) is 4.79 Å². The summed E-state index contributed by atoms with van der Waals surface area (Å²) >= 11 is 1.85. The molecule has 1 rings (SSSR count). The van der Waals surface area contributed by atoms with Crippen molar-refractivity contribution < 1.29 is 4.79 Å². The van der Waals surface area contributed by atoms with Crippen LogP contribution in [0.25, 0.3) is 0 Å². The highest BCUT2D eigenvalue weighted by molar-refractivity contribution is 7.98. The van der Waals surface area contributed by atoms with Crippen molar-refractivity contribution in [3.05, 3.63) is 35.9 Å². The summed E-state index contributed by atoms with van der Waals surface area (Å²) in [5, 5.41) is 2.97. The van der Waals surface area contributed by atoms with Gasteiger partial charge in [-0.05, 0) is 11.0 Å². The van der Waals surface area contributed by atoms with Crippen molar-refractivity contribution in [3.8, 4) is 0 Å². The van der Waals surface area contributed by atoms with Gasteiger partial charge in [-0.25, -0.2) is 0 Å². The van der Waals surface area contributed by atoms with Gasteiger partial charge in [0.1, 0.15) is 0 Å². The first-order valence-electron chi connectivity index (χ1n) is 6.36. The van der Waals surface area contributed by atoms with Gasteiger partial charge < -0.3 is 5.32 Å². The fourth-order valence-electron chi connectivity index (χ4n) is 1.57. The molecule has 0 bridgehead atoms. The standard InChI is InChI=1S/C15H23NOS/c1-15(2,3)11-14(17)16-9-10-18-12-13-7-5-4-6-8-13/h4-8H,9-12H2,1-3H3,(H,16,17). The summed E-state index contributed by atoms with van der Waals surface area (Å²) in [6, 6.07) is 10.4. The van der Waals surface area contributed by atoms with Crippen LogP contribution < -0.4 is 5.32 Å². The van der Waals surface area contributed by atoms with Crippen molar-refractivity contribution >= 4 is 17.7 Å². The second-order valence-corrected chi connectivity index (χ2v) is 6.73. The lowest BCUT2D eigenvalue weighted by Crippen LogP contribution is -2.29. The minimum Gasteiger partial charge on any atom is -0.355 e. The van der Waals surface area contributed by atoms with Crippen LogP contribution in [-0.4, -0.2) is 18.2 Å². The maximum atomic E-state index is 11.6. The molecule has 0 aliphatic rings. The summed E-state index contributed by atoms with van der Waals surface area (Å²) < 4.78 is 0. The largest absolute Gasteiger partial charge is 0.355 e. The fraction of sp³-hybridized carbons (Fsp3) is 0.533. The number of carbonyl (C=O) groups excluding carboxylic acids is 1. The lowest BCUT2D eigenvalue weighted by molar-refractivity contribution is -0.122. The Kier molecular flexibility index (Phi) is 6.27. The Labute approximate surface area is 115 Å². The number of carbonyl (C=O) groups is 1. The first-order valence-corrected chi connectivity index (χ1v) is 7.51. The zero-order valence-electron chi connectivity index (χ0n) is 11.5. The first kappa shape index (κ1) is 15.1. The van der Waals surface area contributed by atoms with E-state index in [4.69, 9.17) is 0 Å². The van der Waals surface area contributed by atoms with E-state index in [1.807, 2.05) is 17.8 Å². The number of amides is 1. The molecule has 0 unspecified atom stereocenters. The monoisotopic (exact) mass is 265 g/mol. The molecular formula is C15H23NOS. The van der Waals surface area contributed by atoms with E-state index in [1.54, 1.807) is 0 Å². The van der Waals surface area contributed by atoms with Crippen LogP contribution >= 0.6 is 11.8 Å². The van der Waals surface area contributed by atoms with Crippen LogP contribution in [0.15, 0.2) is 30.3 Å². The zero-order chi connectivity index (χ0) is 13.4. The van der Waals surface area contributed by atoms with E-state index in [2.05, 4.69) is 50.4 Å². The third kappa shape index (κ3) is 7.38. The molecule has 0 atom stereocenters. The van der Waals surface area contributed by atoms with Crippen LogP contribution in [0.2, 0.25) is 0 Å². The van der Waals surface area contributed by atoms with E-state index in [9.17, 15) is 4.79 Å². The molecular weight excluding hydrogens is 242 g/mol. The van der Waals surface area contributed by atoms with Gasteiger partial charge in [0, 0.05) is 24.5 Å². The van der Waals surface area contributed by atoms with Crippen LogP contribution in [0.4, 0.5) is 0 Å². The van der Waals surface area contributed by atoms with E-state index in [1.165, 1.54) is 5.56 Å². The highest BCUT2D eigenvalue weighted by atomic mass is 32.2. The Balaban J connectivity index is 2.07. The second-order valence-electron chi connectivity index (χ2n) is 5.63. The summed E-state index contributed by atoms with van der Waals surface area (Å²) in [5.41, 5.74) is 1.41. The Morgan fingerprint density at radius 2 is 1.89 bits per heavy atom. The molecule has 1 aromatic rings. The molecule has 0 aliphatic carbocycles. The van der Waals surface area contributed by atoms with Crippen LogP contribution in [0.5, 0.6) is 0 Å². The quantitative estimate of drug-likeness (QED) is 0.798. The maximum absolute atomic E-state index is 11.6. The number of thioether (sulfide) groups is 1. The Hall–Kier alpha value is -0.960. The molecule has 3 heteroatoms. The van der Waals surface area contributed by atoms with Crippen LogP contribution in [-0.2, 0) is 10.5 Å². The van der Waals surface area contributed by atoms with Crippen LogP contribution in [0.3, 0.4) is 0 Å². The van der Waals surface area contributed by atoms with E-state index >= 15 is 0 Å². The van der Waals surface area contributed by atoms with Crippen molar-refractivity contribution in [2.24, 2.45) is 5.41 Å². The fourth-order valence-corrected chi connectivity index (χ4v) is 2.39. The van der Waals surface area contributed by atoms with Gasteiger partial charge in [0.25, 0.3) is 0 Å². The van der Waals surface area contributed by atoms with Crippen molar-refractivity contribution in [3.63, 3.8) is 0 Å². The molecule has 0 radical (unpaired) electrons. The zero-order valence-corrected chi connectivity index (χ0v) is 12.3. The third-order valence-electron chi connectivity index (χ3n) is 2.37. The molecule has 1 amide bonds. The third-order valence-corrected chi connectivity index (χ3v) is 3.40. The summed E-state index contributed by atoms with van der Waals surface area (Å²) in [6.45, 7) is 7.00. The van der Waals surface area contributed by atoms with Gasteiger partial charge in [-0.15, -0.1) is 0 Å². The van der Waals surface area contributed by atoms with Crippen molar-refractivity contribution in [2.45, 2.75) is 32.9 Å². The number of hydrogen-bond acceptors (Lipinski definition) is 2. The number of nitrogens with one attached hydrogen (secondary N) is 1. The number of hydrogen-bond donors (Lipinski definition) is 1. The lowest BCUT2D eigenvalue weighted by Gasteiger charge is -2.17. The highest BCUT2D eigenvalue weighted by Gasteiger charge is 2.15. The van der Waals surface area contributed by atoms with Crippen molar-refractivity contribution in [1.82, 2.24) is 5.32 Å². The van der Waals surface area contributed by atoms with Gasteiger partial charge in [-0.1, -0.05) is 51.1 Å². The van der Waals surface area contributed by atoms with Crippen molar-refractivity contribution in [2.75, 3.05) is 12.3 Å². The molecule has 0 saturated carbocycles. The smallest absolute Gasteiger partial charge is 0.220 e. The van der Waals surface area contributed by atoms with Crippen LogP contribution in [0, 0.1) is 5.41 Å². The molecule has 0 aromatic heterocycles. The summed E-state index contributed by atoms with van der Waals surface area (Å²) in [7, 11) is 0. The van der Waals surface area contributed by atoms with E-state index in [0.29, 0.717) is 6.42 Å². The SMILES string of the molecule is CC(C)(C)CC(=O)NCCSCc1ccccc1. The summed E-state index contributed by atoms with van der Waals surface area (Å²) in [5.74, 6) is 2.13. The van der Waals surface area contributed by atoms with E-state index < -0.39 is 0 Å². The van der Waals surface area contributed by atoms with E-state index in [0.717, 1.165) is 18.1 Å². The van der Waals surface area contributed by atoms with Gasteiger partial charge >= 0.3 is 0 Å². The predicted octanol–water partition coefficient (Wildman–Crippen LogP) is 3.47. The molecule has 0 saturated heterocycles.